The number of likely N-dealkylation sites (tertiary alicyclic amines) is 1. The molecule has 1 saturated heterocycles. The van der Waals surface area contributed by atoms with Gasteiger partial charge < -0.3 is 40.7 Å². The number of unbranched alkanes of at least 4 members (excludes halogenated alkanes) is 2. The zero-order chi connectivity index (χ0) is 50.4. The molecule has 1 saturated carbocycles. The van der Waals surface area contributed by atoms with Crippen LogP contribution in [-0.4, -0.2) is 95.3 Å². The van der Waals surface area contributed by atoms with E-state index >= 15 is 4.39 Å². The number of ether oxygens (including phenoxy) is 2. The molecular formula is C52H65ClFN7O7S. The van der Waals surface area contributed by atoms with Crippen molar-refractivity contribution >= 4 is 52.3 Å². The number of halogens is 2. The molecule has 370 valence electrons. The minimum atomic E-state index is -0.984. The van der Waals surface area contributed by atoms with Gasteiger partial charge in [-0.2, -0.15) is 5.26 Å². The van der Waals surface area contributed by atoms with Gasteiger partial charge >= 0.3 is 0 Å². The Labute approximate surface area is 413 Å². The van der Waals surface area contributed by atoms with Crippen LogP contribution in [0.4, 0.5) is 10.1 Å². The van der Waals surface area contributed by atoms with Gasteiger partial charge in [0.15, 0.2) is 0 Å². The van der Waals surface area contributed by atoms with E-state index in [1.165, 1.54) is 11.0 Å². The standard InChI is InChI=1S/C52H65ClFN7O7S/c1-30(32-13-15-33(16-14-32)43-31(2)57-29-69-43)58-46(65)41-24-36(62)27-61(41)47(66)44(50(3,4)5)59-42(63)28-67-22-12-10-11-21-56-40-20-18-34(23-39(40)54)45(64)60-48-51(6,7)49(52(48,8)9)68-37-19-17-35(26-55)38(53)25-37/h13-20,23,25,29-30,36,41,44,48-49,56,62H,10-12,21-22,24,27-28H2,1-9H3,(H,58,65)(H,59,63)(H,60,64)/t30-,36+,41-,44?,48?,49?/m0/s1. The monoisotopic (exact) mass is 985 g/mol. The molecule has 2 heterocycles. The van der Waals surface area contributed by atoms with E-state index in [1.807, 2.05) is 98.2 Å². The van der Waals surface area contributed by atoms with Gasteiger partial charge in [-0.05, 0) is 80.0 Å². The predicted molar refractivity (Wildman–Crippen MR) is 265 cm³/mol. The number of nitrogens with one attached hydrogen (secondary N) is 4. The number of aromatic nitrogens is 1. The number of nitrogens with zero attached hydrogens (tertiary/aromatic N) is 3. The second kappa shape index (κ2) is 22.0. The van der Waals surface area contributed by atoms with Crippen molar-refractivity contribution in [1.29, 1.82) is 5.26 Å². The fourth-order valence-electron chi connectivity index (χ4n) is 9.72. The molecule has 2 aliphatic rings. The summed E-state index contributed by atoms with van der Waals surface area (Å²) >= 11 is 7.79. The lowest BCUT2D eigenvalue weighted by atomic mass is 9.49. The second-order valence-corrected chi connectivity index (χ2v) is 21.7. The number of hydrogen-bond acceptors (Lipinski definition) is 11. The van der Waals surface area contributed by atoms with Crippen molar-refractivity contribution in [3.63, 3.8) is 0 Å². The molecule has 5 N–H and O–H groups in total. The summed E-state index contributed by atoms with van der Waals surface area (Å²) in [7, 11) is 0. The molecule has 4 atom stereocenters. The van der Waals surface area contributed by atoms with Crippen LogP contribution in [0.5, 0.6) is 5.75 Å². The number of nitriles is 1. The Balaban J connectivity index is 0.901. The Hall–Kier alpha value is -5.60. The highest BCUT2D eigenvalue weighted by molar-refractivity contribution is 7.13. The average molecular weight is 987 g/mol. The molecule has 17 heteroatoms. The Morgan fingerprint density at radius 1 is 1.01 bits per heavy atom. The van der Waals surface area contributed by atoms with Crippen molar-refractivity contribution < 1.29 is 38.1 Å². The van der Waals surface area contributed by atoms with E-state index in [0.29, 0.717) is 35.7 Å². The molecule has 1 aromatic heterocycles. The highest BCUT2D eigenvalue weighted by atomic mass is 35.5. The van der Waals surface area contributed by atoms with Crippen LogP contribution in [0.2, 0.25) is 5.02 Å². The number of hydrogen-bond donors (Lipinski definition) is 5. The quantitative estimate of drug-likeness (QED) is 0.0570. The molecule has 3 aromatic carbocycles. The Bertz CT molecular complexity index is 2520. The van der Waals surface area contributed by atoms with Gasteiger partial charge in [-0.1, -0.05) is 84.3 Å². The van der Waals surface area contributed by atoms with E-state index < -0.39 is 58.0 Å². The average Bonchev–Trinajstić information content (AvgIpc) is 3.92. The first-order valence-electron chi connectivity index (χ1n) is 23.4. The summed E-state index contributed by atoms with van der Waals surface area (Å²) in [6.45, 7) is 17.8. The summed E-state index contributed by atoms with van der Waals surface area (Å²) in [5, 5.41) is 32.1. The number of amides is 4. The van der Waals surface area contributed by atoms with Crippen LogP contribution < -0.4 is 26.0 Å². The summed E-state index contributed by atoms with van der Waals surface area (Å²) < 4.78 is 27.2. The lowest BCUT2D eigenvalue weighted by molar-refractivity contribution is -0.164. The van der Waals surface area contributed by atoms with Gasteiger partial charge in [0, 0.05) is 54.6 Å². The van der Waals surface area contributed by atoms with E-state index in [4.69, 9.17) is 21.1 Å². The van der Waals surface area contributed by atoms with Crippen molar-refractivity contribution in [3.8, 4) is 22.3 Å². The largest absolute Gasteiger partial charge is 0.489 e. The number of rotatable bonds is 19. The van der Waals surface area contributed by atoms with Crippen LogP contribution in [-0.2, 0) is 19.1 Å². The number of carbonyl (C=O) groups excluding carboxylic acids is 4. The van der Waals surface area contributed by atoms with Gasteiger partial charge in [0.05, 0.1) is 44.5 Å². The molecule has 0 radical (unpaired) electrons. The SMILES string of the molecule is Cc1ncsc1-c1ccc([C@H](C)NC(=O)[C@@H]2C[C@@H](O)CN2C(=O)C(NC(=O)COCCCCCNc2ccc(C(=O)NC3C(C)(C)C(Oc4ccc(C#N)c(Cl)c4)C3(C)C)cc2F)C(C)(C)C)cc1. The Kier molecular flexibility index (Phi) is 16.8. The summed E-state index contributed by atoms with van der Waals surface area (Å²) in [5.74, 6) is -1.74. The number of aliphatic hydroxyl groups is 1. The first-order chi connectivity index (χ1) is 32.5. The summed E-state index contributed by atoms with van der Waals surface area (Å²) in [6.07, 6.45) is 0.957. The summed E-state index contributed by atoms with van der Waals surface area (Å²) in [6, 6.07) is 16.7. The van der Waals surface area contributed by atoms with E-state index in [1.54, 1.807) is 41.7 Å². The van der Waals surface area contributed by atoms with Gasteiger partial charge in [0.1, 0.15) is 42.4 Å². The highest BCUT2D eigenvalue weighted by Gasteiger charge is 2.64. The third kappa shape index (κ3) is 12.4. The molecule has 4 aromatic rings. The molecule has 14 nitrogen and oxygen atoms in total. The normalized spacial score (nSPS) is 20.2. The number of thiazole rings is 1. The number of benzene rings is 3. The molecule has 0 spiro atoms. The topological polar surface area (TPSA) is 195 Å². The molecule has 4 amide bonds. The minimum absolute atomic E-state index is 0.0347. The van der Waals surface area contributed by atoms with Crippen LogP contribution in [0, 0.1) is 40.3 Å². The molecular weight excluding hydrogens is 921 g/mol. The zero-order valence-corrected chi connectivity index (χ0v) is 42.4. The first-order valence-corrected chi connectivity index (χ1v) is 24.7. The van der Waals surface area contributed by atoms with Gasteiger partial charge in [-0.3, -0.25) is 19.2 Å². The lowest BCUT2D eigenvalue weighted by Gasteiger charge is -2.63. The number of aliphatic hydroxyl groups excluding tert-OH is 1. The fourth-order valence-corrected chi connectivity index (χ4v) is 10.7. The van der Waals surface area contributed by atoms with Gasteiger partial charge in [-0.25, -0.2) is 9.37 Å². The van der Waals surface area contributed by atoms with Crippen LogP contribution in [0.25, 0.3) is 10.4 Å². The van der Waals surface area contributed by atoms with Gasteiger partial charge in [0.2, 0.25) is 17.7 Å². The van der Waals surface area contributed by atoms with Crippen molar-refractivity contribution in [2.45, 2.75) is 124 Å². The number of β-amino-alcohol motifs (C(OH)–C–C–N with tert-alkyl or cyclic N) is 1. The Morgan fingerprint density at radius 2 is 1.72 bits per heavy atom. The molecule has 0 bridgehead atoms. The van der Waals surface area contributed by atoms with E-state index in [2.05, 4.69) is 26.3 Å². The molecule has 1 aliphatic heterocycles. The Morgan fingerprint density at radius 3 is 2.35 bits per heavy atom. The van der Waals surface area contributed by atoms with Crippen molar-refractivity contribution in [1.82, 2.24) is 25.8 Å². The number of carbonyl (C=O) groups is 4. The number of anilines is 1. The van der Waals surface area contributed by atoms with Crippen molar-refractivity contribution in [2.24, 2.45) is 16.2 Å². The maximum absolute atomic E-state index is 15.2. The van der Waals surface area contributed by atoms with Crippen molar-refractivity contribution in [2.75, 3.05) is 31.6 Å². The highest BCUT2D eigenvalue weighted by Crippen LogP contribution is 2.55. The van der Waals surface area contributed by atoms with Gasteiger partial charge in [0.25, 0.3) is 5.91 Å². The van der Waals surface area contributed by atoms with Gasteiger partial charge in [-0.15, -0.1) is 11.3 Å². The molecule has 1 unspecified atom stereocenters. The lowest BCUT2D eigenvalue weighted by Crippen LogP contribution is -2.74. The van der Waals surface area contributed by atoms with Crippen LogP contribution in [0.15, 0.2) is 66.2 Å². The van der Waals surface area contributed by atoms with Crippen LogP contribution >= 0.6 is 22.9 Å². The van der Waals surface area contributed by atoms with Crippen molar-refractivity contribution in [3.05, 3.63) is 99.4 Å². The molecule has 69 heavy (non-hydrogen) atoms. The maximum Gasteiger partial charge on any atom is 0.251 e. The van der Waals surface area contributed by atoms with Crippen LogP contribution in [0.1, 0.15) is 114 Å². The predicted octanol–water partition coefficient (Wildman–Crippen LogP) is 8.36. The second-order valence-electron chi connectivity index (χ2n) is 20.4. The number of aryl methyl sites for hydroxylation is 1. The molecule has 1 aliphatic carbocycles. The molecule has 6 rings (SSSR count). The third-order valence-electron chi connectivity index (χ3n) is 13.2. The zero-order valence-electron chi connectivity index (χ0n) is 40.9. The first kappa shape index (κ1) is 52.8. The molecule has 2 fully saturated rings. The maximum atomic E-state index is 15.2. The fraction of sp³-hybridized carbons (Fsp3) is 0.500. The summed E-state index contributed by atoms with van der Waals surface area (Å²) in [4.78, 5) is 60.9. The van der Waals surface area contributed by atoms with E-state index in [9.17, 15) is 29.5 Å². The smallest absolute Gasteiger partial charge is 0.251 e. The minimum Gasteiger partial charge on any atom is -0.489 e. The summed E-state index contributed by atoms with van der Waals surface area (Å²) in [5.41, 5.74) is 3.84. The van der Waals surface area contributed by atoms with E-state index in [-0.39, 0.29) is 61.5 Å². The third-order valence-corrected chi connectivity index (χ3v) is 14.5. The van der Waals surface area contributed by atoms with Crippen LogP contribution in [0.3, 0.4) is 0 Å². The van der Waals surface area contributed by atoms with E-state index in [0.717, 1.165) is 28.1 Å².